The second-order valence-corrected chi connectivity index (χ2v) is 9.24. The van der Waals surface area contributed by atoms with E-state index >= 15 is 0 Å². The lowest BCUT2D eigenvalue weighted by atomic mass is 10.1. The Kier molecular flexibility index (Phi) is 4.79. The molecule has 0 atom stereocenters. The van der Waals surface area contributed by atoms with Gasteiger partial charge in [0.25, 0.3) is 10.0 Å². The molecule has 8 heteroatoms. The van der Waals surface area contributed by atoms with Gasteiger partial charge in [0, 0.05) is 36.1 Å². The Morgan fingerprint density at radius 1 is 0.875 bits per heavy atom. The number of hydrogen-bond acceptors (Lipinski definition) is 5. The van der Waals surface area contributed by atoms with E-state index < -0.39 is 10.0 Å². The zero-order valence-electron chi connectivity index (χ0n) is 17.5. The Bertz CT molecular complexity index is 1520. The Hall–Kier alpha value is -3.91. The summed E-state index contributed by atoms with van der Waals surface area (Å²) < 4.78 is 35.4. The molecule has 2 aromatic carbocycles. The first-order valence-corrected chi connectivity index (χ1v) is 11.5. The zero-order chi connectivity index (χ0) is 22.3. The number of anilines is 1. The molecule has 5 rings (SSSR count). The number of nitrogens with zero attached hydrogens (tertiary/aromatic N) is 3. The van der Waals surface area contributed by atoms with Gasteiger partial charge in [-0.25, -0.2) is 18.4 Å². The first-order valence-electron chi connectivity index (χ1n) is 9.99. The molecule has 3 aromatic heterocycles. The summed E-state index contributed by atoms with van der Waals surface area (Å²) in [5.74, 6) is 0.556. The lowest BCUT2D eigenvalue weighted by Gasteiger charge is -2.09. The summed E-state index contributed by atoms with van der Waals surface area (Å²) in [7, 11) is -3.72. The summed E-state index contributed by atoms with van der Waals surface area (Å²) in [5, 5.41) is 0. The van der Waals surface area contributed by atoms with Gasteiger partial charge in [0.15, 0.2) is 5.89 Å². The smallest absolute Gasteiger partial charge is 0.261 e. The molecule has 0 saturated carbocycles. The second kappa shape index (κ2) is 7.65. The van der Waals surface area contributed by atoms with E-state index in [1.807, 2.05) is 48.0 Å². The zero-order valence-corrected chi connectivity index (χ0v) is 18.3. The molecule has 32 heavy (non-hydrogen) atoms. The normalized spacial score (nSPS) is 11.7. The van der Waals surface area contributed by atoms with Crippen LogP contribution in [-0.2, 0) is 10.0 Å². The van der Waals surface area contributed by atoms with Gasteiger partial charge in [-0.1, -0.05) is 24.3 Å². The molecule has 160 valence electrons. The van der Waals surface area contributed by atoms with Gasteiger partial charge in [0.1, 0.15) is 17.6 Å². The standard InChI is InChI=1S/C24H20N4O3S/c1-16-11-12-28-14-22(26-24(28)13-16)18-3-7-20(8-4-18)27-32(29,30)21-9-5-19(6-10-21)23-15-31-17(2)25-23/h3-15,27H,1-2H3. The number of fused-ring (bicyclic) bond motifs is 1. The van der Waals surface area contributed by atoms with E-state index in [1.54, 1.807) is 49.6 Å². The van der Waals surface area contributed by atoms with E-state index in [4.69, 9.17) is 4.42 Å². The van der Waals surface area contributed by atoms with E-state index in [0.717, 1.165) is 28.0 Å². The molecular formula is C24H20N4O3S. The maximum absolute atomic E-state index is 12.8. The fourth-order valence-corrected chi connectivity index (χ4v) is 4.51. The molecule has 0 saturated heterocycles. The summed E-state index contributed by atoms with van der Waals surface area (Å²) in [6.45, 7) is 3.78. The largest absolute Gasteiger partial charge is 0.449 e. The molecule has 0 aliphatic rings. The van der Waals surface area contributed by atoms with Crippen molar-refractivity contribution >= 4 is 21.4 Å². The first kappa shape index (κ1) is 20.0. The number of hydrogen-bond donors (Lipinski definition) is 1. The average Bonchev–Trinajstić information content (AvgIpc) is 3.40. The van der Waals surface area contributed by atoms with E-state index in [1.165, 1.54) is 0 Å². The summed E-state index contributed by atoms with van der Waals surface area (Å²) in [5.41, 5.74) is 5.66. The number of benzene rings is 2. The van der Waals surface area contributed by atoms with Gasteiger partial charge >= 0.3 is 0 Å². The average molecular weight is 445 g/mol. The highest BCUT2D eigenvalue weighted by Crippen LogP contribution is 2.25. The third-order valence-electron chi connectivity index (χ3n) is 5.13. The lowest BCUT2D eigenvalue weighted by molar-refractivity contribution is 0.521. The van der Waals surface area contributed by atoms with Crippen LogP contribution in [0.25, 0.3) is 28.2 Å². The van der Waals surface area contributed by atoms with Crippen LogP contribution in [0.4, 0.5) is 5.69 Å². The summed E-state index contributed by atoms with van der Waals surface area (Å²) in [6.07, 6.45) is 5.47. The molecule has 0 unspecified atom stereocenters. The lowest BCUT2D eigenvalue weighted by Crippen LogP contribution is -2.12. The van der Waals surface area contributed by atoms with E-state index in [-0.39, 0.29) is 4.90 Å². The third kappa shape index (κ3) is 3.88. The van der Waals surface area contributed by atoms with Crippen molar-refractivity contribution in [3.63, 3.8) is 0 Å². The van der Waals surface area contributed by atoms with Gasteiger partial charge in [0.05, 0.1) is 10.6 Å². The van der Waals surface area contributed by atoms with Crippen LogP contribution in [0.5, 0.6) is 0 Å². The van der Waals surface area contributed by atoms with Gasteiger partial charge in [-0.3, -0.25) is 4.72 Å². The number of sulfonamides is 1. The van der Waals surface area contributed by atoms with Gasteiger partial charge in [-0.2, -0.15) is 0 Å². The van der Waals surface area contributed by atoms with Crippen LogP contribution < -0.4 is 4.72 Å². The molecule has 1 N–H and O–H groups in total. The van der Waals surface area contributed by atoms with Crippen molar-refractivity contribution in [3.8, 4) is 22.5 Å². The van der Waals surface area contributed by atoms with E-state index in [0.29, 0.717) is 17.3 Å². The van der Waals surface area contributed by atoms with Crippen LogP contribution in [0.15, 0.2) is 88.6 Å². The predicted molar refractivity (Wildman–Crippen MR) is 123 cm³/mol. The Labute approximate surface area is 185 Å². The summed E-state index contributed by atoms with van der Waals surface area (Å²) in [6, 6.07) is 17.7. The number of pyridine rings is 1. The van der Waals surface area contributed by atoms with Crippen molar-refractivity contribution in [2.75, 3.05) is 4.72 Å². The molecule has 0 bridgehead atoms. The van der Waals surface area contributed by atoms with Gasteiger partial charge in [0.2, 0.25) is 0 Å². The van der Waals surface area contributed by atoms with Crippen LogP contribution in [-0.4, -0.2) is 22.8 Å². The Balaban J connectivity index is 1.35. The SMILES string of the molecule is Cc1ccn2cc(-c3ccc(NS(=O)(=O)c4ccc(-c5coc(C)n5)cc4)cc3)nc2c1. The Morgan fingerprint density at radius 3 is 2.25 bits per heavy atom. The van der Waals surface area contributed by atoms with Crippen LogP contribution in [0.2, 0.25) is 0 Å². The van der Waals surface area contributed by atoms with Crippen molar-refractivity contribution in [1.29, 1.82) is 0 Å². The van der Waals surface area contributed by atoms with Crippen molar-refractivity contribution < 1.29 is 12.8 Å². The van der Waals surface area contributed by atoms with Gasteiger partial charge in [-0.05, 0) is 48.9 Å². The van der Waals surface area contributed by atoms with Crippen LogP contribution in [0.3, 0.4) is 0 Å². The quantitative estimate of drug-likeness (QED) is 0.409. The molecule has 0 aliphatic carbocycles. The van der Waals surface area contributed by atoms with Gasteiger partial charge < -0.3 is 8.82 Å². The van der Waals surface area contributed by atoms with E-state index in [2.05, 4.69) is 14.7 Å². The molecule has 0 fully saturated rings. The van der Waals surface area contributed by atoms with Crippen molar-refractivity contribution in [3.05, 3.63) is 90.8 Å². The summed E-state index contributed by atoms with van der Waals surface area (Å²) in [4.78, 5) is 9.06. The minimum Gasteiger partial charge on any atom is -0.449 e. The number of imidazole rings is 1. The van der Waals surface area contributed by atoms with Crippen LogP contribution in [0.1, 0.15) is 11.5 Å². The fourth-order valence-electron chi connectivity index (χ4n) is 3.45. The number of aromatic nitrogens is 3. The number of nitrogens with one attached hydrogen (secondary N) is 1. The minimum absolute atomic E-state index is 0.168. The molecule has 3 heterocycles. The molecule has 7 nitrogen and oxygen atoms in total. The van der Waals surface area contributed by atoms with E-state index in [9.17, 15) is 8.42 Å². The molecule has 5 aromatic rings. The van der Waals surface area contributed by atoms with Crippen LogP contribution in [0, 0.1) is 13.8 Å². The maximum Gasteiger partial charge on any atom is 0.261 e. The second-order valence-electron chi connectivity index (χ2n) is 7.55. The Morgan fingerprint density at radius 2 is 1.56 bits per heavy atom. The molecule has 0 amide bonds. The van der Waals surface area contributed by atoms with Crippen LogP contribution >= 0.6 is 0 Å². The highest BCUT2D eigenvalue weighted by atomic mass is 32.2. The summed E-state index contributed by atoms with van der Waals surface area (Å²) >= 11 is 0. The molecule has 0 spiro atoms. The number of rotatable bonds is 5. The fraction of sp³-hybridized carbons (Fsp3) is 0.0833. The highest BCUT2D eigenvalue weighted by molar-refractivity contribution is 7.92. The van der Waals surface area contributed by atoms with Gasteiger partial charge in [-0.15, -0.1) is 0 Å². The third-order valence-corrected chi connectivity index (χ3v) is 6.53. The van der Waals surface area contributed by atoms with Crippen molar-refractivity contribution in [1.82, 2.24) is 14.4 Å². The monoisotopic (exact) mass is 444 g/mol. The van der Waals surface area contributed by atoms with Crippen molar-refractivity contribution in [2.24, 2.45) is 0 Å². The van der Waals surface area contributed by atoms with Crippen molar-refractivity contribution in [2.45, 2.75) is 18.7 Å². The topological polar surface area (TPSA) is 89.5 Å². The maximum atomic E-state index is 12.8. The molecule has 0 aliphatic heterocycles. The molecule has 0 radical (unpaired) electrons. The number of oxazole rings is 1. The highest BCUT2D eigenvalue weighted by Gasteiger charge is 2.15. The first-order chi connectivity index (χ1) is 15.4. The molecular weight excluding hydrogens is 424 g/mol. The predicted octanol–water partition coefficient (Wildman–Crippen LogP) is 5.07. The minimum atomic E-state index is -3.72. The number of aryl methyl sites for hydroxylation is 2.